The highest BCUT2D eigenvalue weighted by atomic mass is 16.2. The molecule has 0 saturated heterocycles. The fourth-order valence-electron chi connectivity index (χ4n) is 2.12. The van der Waals surface area contributed by atoms with Crippen LogP contribution in [0.4, 0.5) is 5.82 Å². The van der Waals surface area contributed by atoms with Crippen LogP contribution < -0.4 is 5.32 Å². The van der Waals surface area contributed by atoms with E-state index in [9.17, 15) is 4.79 Å². The first kappa shape index (κ1) is 15.9. The monoisotopic (exact) mass is 299 g/mol. The van der Waals surface area contributed by atoms with Gasteiger partial charge in [-0.25, -0.2) is 9.97 Å². The van der Waals surface area contributed by atoms with Gasteiger partial charge in [0.25, 0.3) is 5.91 Å². The number of hydrogen-bond donors (Lipinski definition) is 1. The van der Waals surface area contributed by atoms with E-state index in [0.717, 1.165) is 5.69 Å². The molecule has 2 aromatic rings. The standard InChI is InChI=1S/C16H21N5O/c1-4-21(5-2)16(22)14-10-15(20-12(3)19-14)18-11-13-8-6-7-9-17-13/h6-10H,4-5,11H2,1-3H3,(H,18,19,20). The van der Waals surface area contributed by atoms with Gasteiger partial charge in [0, 0.05) is 25.4 Å². The van der Waals surface area contributed by atoms with Crippen molar-refractivity contribution in [2.24, 2.45) is 0 Å². The van der Waals surface area contributed by atoms with Crippen LogP contribution in [0.1, 0.15) is 35.9 Å². The zero-order valence-corrected chi connectivity index (χ0v) is 13.2. The van der Waals surface area contributed by atoms with E-state index in [1.807, 2.05) is 32.0 Å². The van der Waals surface area contributed by atoms with E-state index < -0.39 is 0 Å². The maximum atomic E-state index is 12.4. The van der Waals surface area contributed by atoms with Crippen molar-refractivity contribution in [3.05, 3.63) is 47.7 Å². The molecule has 6 nitrogen and oxygen atoms in total. The number of nitrogens with one attached hydrogen (secondary N) is 1. The highest BCUT2D eigenvalue weighted by Gasteiger charge is 2.15. The van der Waals surface area contributed by atoms with Gasteiger partial charge in [0.1, 0.15) is 17.3 Å². The first-order valence-corrected chi connectivity index (χ1v) is 7.42. The van der Waals surface area contributed by atoms with Crippen molar-refractivity contribution >= 4 is 11.7 Å². The van der Waals surface area contributed by atoms with Crippen molar-refractivity contribution in [1.82, 2.24) is 19.9 Å². The Balaban J connectivity index is 2.14. The highest BCUT2D eigenvalue weighted by molar-refractivity contribution is 5.92. The first-order chi connectivity index (χ1) is 10.6. The van der Waals surface area contributed by atoms with Crippen LogP contribution >= 0.6 is 0 Å². The molecule has 6 heteroatoms. The van der Waals surface area contributed by atoms with Crippen molar-refractivity contribution < 1.29 is 4.79 Å². The van der Waals surface area contributed by atoms with E-state index in [1.54, 1.807) is 24.1 Å². The van der Waals surface area contributed by atoms with Gasteiger partial charge in [-0.3, -0.25) is 9.78 Å². The molecular weight excluding hydrogens is 278 g/mol. The maximum absolute atomic E-state index is 12.4. The minimum Gasteiger partial charge on any atom is -0.364 e. The van der Waals surface area contributed by atoms with Gasteiger partial charge in [-0.1, -0.05) is 6.07 Å². The number of rotatable bonds is 6. The lowest BCUT2D eigenvalue weighted by Gasteiger charge is -2.18. The molecule has 0 saturated carbocycles. The average Bonchev–Trinajstić information content (AvgIpc) is 2.54. The number of aryl methyl sites for hydroxylation is 1. The molecule has 1 amide bonds. The molecule has 0 spiro atoms. The third-order valence-corrected chi connectivity index (χ3v) is 3.28. The quantitative estimate of drug-likeness (QED) is 0.886. The van der Waals surface area contributed by atoms with E-state index in [1.165, 1.54) is 0 Å². The number of amides is 1. The second kappa shape index (κ2) is 7.49. The van der Waals surface area contributed by atoms with Crippen molar-refractivity contribution in [3.63, 3.8) is 0 Å². The van der Waals surface area contributed by atoms with E-state index in [-0.39, 0.29) is 5.91 Å². The van der Waals surface area contributed by atoms with Gasteiger partial charge in [-0.05, 0) is 32.9 Å². The Morgan fingerprint density at radius 2 is 2.00 bits per heavy atom. The summed E-state index contributed by atoms with van der Waals surface area (Å²) >= 11 is 0. The summed E-state index contributed by atoms with van der Waals surface area (Å²) in [5.74, 6) is 1.13. The summed E-state index contributed by atoms with van der Waals surface area (Å²) in [5, 5.41) is 3.19. The van der Waals surface area contributed by atoms with E-state index in [0.29, 0.717) is 37.0 Å². The summed E-state index contributed by atoms with van der Waals surface area (Å²) < 4.78 is 0. The Labute approximate surface area is 130 Å². The number of carbonyl (C=O) groups excluding carboxylic acids is 1. The minimum absolute atomic E-state index is 0.0728. The molecule has 2 aromatic heterocycles. The Bertz CT molecular complexity index is 626. The molecule has 0 unspecified atom stereocenters. The molecule has 0 bridgehead atoms. The van der Waals surface area contributed by atoms with Crippen LogP contribution in [0.15, 0.2) is 30.5 Å². The van der Waals surface area contributed by atoms with E-state index in [4.69, 9.17) is 0 Å². The molecule has 2 rings (SSSR count). The first-order valence-electron chi connectivity index (χ1n) is 7.42. The van der Waals surface area contributed by atoms with Crippen LogP contribution in [0.25, 0.3) is 0 Å². The summed E-state index contributed by atoms with van der Waals surface area (Å²) in [6.45, 7) is 7.57. The molecular formula is C16H21N5O. The van der Waals surface area contributed by atoms with Crippen molar-refractivity contribution in [1.29, 1.82) is 0 Å². The van der Waals surface area contributed by atoms with Crippen molar-refractivity contribution in [2.45, 2.75) is 27.3 Å². The largest absolute Gasteiger partial charge is 0.364 e. The lowest BCUT2D eigenvalue weighted by Crippen LogP contribution is -2.31. The van der Waals surface area contributed by atoms with E-state index in [2.05, 4.69) is 20.3 Å². The summed E-state index contributed by atoms with van der Waals surface area (Å²) in [6.07, 6.45) is 1.75. The number of nitrogens with zero attached hydrogens (tertiary/aromatic N) is 4. The highest BCUT2D eigenvalue weighted by Crippen LogP contribution is 2.10. The third-order valence-electron chi connectivity index (χ3n) is 3.28. The summed E-state index contributed by atoms with van der Waals surface area (Å²) in [6, 6.07) is 7.43. The molecule has 0 aliphatic carbocycles. The Kier molecular flexibility index (Phi) is 5.41. The van der Waals surface area contributed by atoms with Crippen LogP contribution in [0.5, 0.6) is 0 Å². The van der Waals surface area contributed by atoms with Crippen LogP contribution in [0.3, 0.4) is 0 Å². The Morgan fingerprint density at radius 3 is 2.64 bits per heavy atom. The number of hydrogen-bond acceptors (Lipinski definition) is 5. The molecule has 0 aromatic carbocycles. The predicted octanol–water partition coefficient (Wildman–Crippen LogP) is 2.27. The third kappa shape index (κ3) is 4.00. The van der Waals surface area contributed by atoms with Gasteiger partial charge >= 0.3 is 0 Å². The molecule has 0 fully saturated rings. The Hall–Kier alpha value is -2.50. The van der Waals surface area contributed by atoms with Crippen LogP contribution in [-0.2, 0) is 6.54 Å². The fourth-order valence-corrected chi connectivity index (χ4v) is 2.12. The van der Waals surface area contributed by atoms with Gasteiger partial charge in [-0.15, -0.1) is 0 Å². The van der Waals surface area contributed by atoms with Crippen LogP contribution in [-0.4, -0.2) is 38.8 Å². The predicted molar refractivity (Wildman–Crippen MR) is 85.6 cm³/mol. The second-order valence-corrected chi connectivity index (χ2v) is 4.84. The normalized spacial score (nSPS) is 10.3. The van der Waals surface area contributed by atoms with Gasteiger partial charge in [-0.2, -0.15) is 0 Å². The molecule has 116 valence electrons. The second-order valence-electron chi connectivity index (χ2n) is 4.84. The summed E-state index contributed by atoms with van der Waals surface area (Å²) in [7, 11) is 0. The number of aromatic nitrogens is 3. The smallest absolute Gasteiger partial charge is 0.272 e. The SMILES string of the molecule is CCN(CC)C(=O)c1cc(NCc2ccccn2)nc(C)n1. The number of anilines is 1. The summed E-state index contributed by atoms with van der Waals surface area (Å²) in [4.78, 5) is 26.9. The van der Waals surface area contributed by atoms with Gasteiger partial charge in [0.15, 0.2) is 0 Å². The zero-order valence-electron chi connectivity index (χ0n) is 13.2. The minimum atomic E-state index is -0.0728. The van der Waals surface area contributed by atoms with Gasteiger partial charge < -0.3 is 10.2 Å². The Morgan fingerprint density at radius 1 is 1.23 bits per heavy atom. The molecule has 2 heterocycles. The maximum Gasteiger partial charge on any atom is 0.272 e. The van der Waals surface area contributed by atoms with Crippen molar-refractivity contribution in [3.8, 4) is 0 Å². The molecule has 0 aliphatic heterocycles. The van der Waals surface area contributed by atoms with Crippen LogP contribution in [0, 0.1) is 6.92 Å². The molecule has 0 aliphatic rings. The van der Waals surface area contributed by atoms with Gasteiger partial charge in [0.2, 0.25) is 0 Å². The molecule has 1 N–H and O–H groups in total. The van der Waals surface area contributed by atoms with Crippen LogP contribution in [0.2, 0.25) is 0 Å². The molecule has 22 heavy (non-hydrogen) atoms. The number of carbonyl (C=O) groups is 1. The van der Waals surface area contributed by atoms with E-state index >= 15 is 0 Å². The van der Waals surface area contributed by atoms with Gasteiger partial charge in [0.05, 0.1) is 12.2 Å². The summed E-state index contributed by atoms with van der Waals surface area (Å²) in [5.41, 5.74) is 1.33. The van der Waals surface area contributed by atoms with Crippen molar-refractivity contribution in [2.75, 3.05) is 18.4 Å². The lowest BCUT2D eigenvalue weighted by molar-refractivity contribution is 0.0766. The zero-order chi connectivity index (χ0) is 15.9. The molecule has 0 radical (unpaired) electrons. The topological polar surface area (TPSA) is 71.0 Å². The lowest BCUT2D eigenvalue weighted by atomic mass is 10.3. The average molecular weight is 299 g/mol. The molecule has 0 atom stereocenters. The fraction of sp³-hybridized carbons (Fsp3) is 0.375. The number of pyridine rings is 1.